The van der Waals surface area contributed by atoms with Crippen molar-refractivity contribution in [2.75, 3.05) is 0 Å². The summed E-state index contributed by atoms with van der Waals surface area (Å²) in [6.45, 7) is 0. The minimum Gasteiger partial charge on any atom is -0.478 e. The maximum absolute atomic E-state index is 11.0. The molecule has 0 aromatic heterocycles. The van der Waals surface area contributed by atoms with Crippen LogP contribution in [0.4, 0.5) is 0 Å². The van der Waals surface area contributed by atoms with E-state index in [1.165, 1.54) is 12.1 Å². The molecular formula is C22H17NO5. The molecule has 140 valence electrons. The number of rotatable bonds is 5. The number of carboxylic acids is 1. The zero-order valence-corrected chi connectivity index (χ0v) is 14.8. The highest BCUT2D eigenvalue weighted by Crippen LogP contribution is 2.30. The first kappa shape index (κ1) is 17.6. The summed E-state index contributed by atoms with van der Waals surface area (Å²) in [4.78, 5) is 16.5. The molecule has 1 heterocycles. The van der Waals surface area contributed by atoms with Gasteiger partial charge in [0.05, 0.1) is 12.0 Å². The number of carbonyl (C=O) groups is 1. The van der Waals surface area contributed by atoms with Crippen LogP contribution in [0.5, 0.6) is 17.2 Å². The summed E-state index contributed by atoms with van der Waals surface area (Å²) < 4.78 is 11.4. The predicted molar refractivity (Wildman–Crippen MR) is 103 cm³/mol. The van der Waals surface area contributed by atoms with Crippen molar-refractivity contribution < 1.29 is 24.2 Å². The zero-order chi connectivity index (χ0) is 19.3. The highest BCUT2D eigenvalue weighted by atomic mass is 16.7. The summed E-state index contributed by atoms with van der Waals surface area (Å²) in [7, 11) is 0. The molecule has 1 N–H and O–H groups in total. The van der Waals surface area contributed by atoms with E-state index in [1.807, 2.05) is 54.6 Å². The zero-order valence-electron chi connectivity index (χ0n) is 14.8. The molecule has 0 aliphatic carbocycles. The van der Waals surface area contributed by atoms with Gasteiger partial charge in [-0.25, -0.2) is 4.79 Å². The van der Waals surface area contributed by atoms with Gasteiger partial charge in [0.1, 0.15) is 17.2 Å². The summed E-state index contributed by atoms with van der Waals surface area (Å²) in [6, 6.07) is 23.4. The van der Waals surface area contributed by atoms with Crippen molar-refractivity contribution in [3.8, 4) is 17.2 Å². The van der Waals surface area contributed by atoms with Crippen LogP contribution in [0.1, 0.15) is 28.4 Å². The number of benzene rings is 3. The monoisotopic (exact) mass is 375 g/mol. The molecule has 0 unspecified atom stereocenters. The van der Waals surface area contributed by atoms with Crippen LogP contribution >= 0.6 is 0 Å². The summed E-state index contributed by atoms with van der Waals surface area (Å²) in [5.41, 5.74) is 1.10. The molecule has 0 saturated carbocycles. The van der Waals surface area contributed by atoms with Gasteiger partial charge in [0.2, 0.25) is 5.90 Å². The van der Waals surface area contributed by atoms with Gasteiger partial charge in [-0.15, -0.1) is 0 Å². The molecule has 6 heteroatoms. The van der Waals surface area contributed by atoms with E-state index in [0.29, 0.717) is 18.1 Å². The number of carboxylic acid groups (broad SMARTS) is 1. The van der Waals surface area contributed by atoms with Crippen LogP contribution in [0, 0.1) is 0 Å². The molecule has 3 aromatic carbocycles. The second kappa shape index (κ2) is 7.84. The van der Waals surface area contributed by atoms with Gasteiger partial charge in [-0.2, -0.15) is 0 Å². The Morgan fingerprint density at radius 3 is 2.36 bits per heavy atom. The van der Waals surface area contributed by atoms with Crippen molar-refractivity contribution in [3.63, 3.8) is 0 Å². The summed E-state index contributed by atoms with van der Waals surface area (Å²) in [5, 5.41) is 13.0. The van der Waals surface area contributed by atoms with Crippen LogP contribution in [0.15, 0.2) is 84.0 Å². The Balaban J connectivity index is 1.37. The van der Waals surface area contributed by atoms with Crippen molar-refractivity contribution in [2.45, 2.75) is 12.5 Å². The Hall–Kier alpha value is -3.80. The first-order chi connectivity index (χ1) is 13.7. The first-order valence-corrected chi connectivity index (χ1v) is 8.74. The highest BCUT2D eigenvalue weighted by molar-refractivity contribution is 5.88. The molecule has 1 aliphatic heterocycles. The smallest absolute Gasteiger partial charge is 0.335 e. The first-order valence-electron chi connectivity index (χ1n) is 8.74. The second-order valence-corrected chi connectivity index (χ2v) is 6.20. The van der Waals surface area contributed by atoms with E-state index in [2.05, 4.69) is 5.16 Å². The highest BCUT2D eigenvalue weighted by Gasteiger charge is 2.24. The molecule has 1 aliphatic rings. The van der Waals surface area contributed by atoms with Crippen molar-refractivity contribution in [1.29, 1.82) is 0 Å². The second-order valence-electron chi connectivity index (χ2n) is 6.20. The number of hydrogen-bond acceptors (Lipinski definition) is 5. The minimum absolute atomic E-state index is 0.155. The Morgan fingerprint density at radius 2 is 1.61 bits per heavy atom. The molecule has 6 nitrogen and oxygen atoms in total. The van der Waals surface area contributed by atoms with Gasteiger partial charge in [-0.3, -0.25) is 0 Å². The van der Waals surface area contributed by atoms with Gasteiger partial charge >= 0.3 is 5.97 Å². The average molecular weight is 375 g/mol. The van der Waals surface area contributed by atoms with Gasteiger partial charge in [0.25, 0.3) is 0 Å². The van der Waals surface area contributed by atoms with Gasteiger partial charge in [-0.05, 0) is 48.0 Å². The molecule has 1 atom stereocenters. The third kappa shape index (κ3) is 4.12. The van der Waals surface area contributed by atoms with E-state index in [9.17, 15) is 4.79 Å². The number of ether oxygens (including phenoxy) is 2. The number of aromatic carboxylic acids is 1. The third-order valence-electron chi connectivity index (χ3n) is 4.19. The lowest BCUT2D eigenvalue weighted by Crippen LogP contribution is -2.08. The molecule has 28 heavy (non-hydrogen) atoms. The average Bonchev–Trinajstić information content (AvgIpc) is 3.18. The number of hydrogen-bond donors (Lipinski definition) is 1. The molecule has 0 bridgehead atoms. The summed E-state index contributed by atoms with van der Waals surface area (Å²) in [5.74, 6) is 1.31. The van der Waals surface area contributed by atoms with Crippen LogP contribution in [0.25, 0.3) is 0 Å². The SMILES string of the molecule is O=C(O)c1cccc(OC2=NO[C@H](c3ccc(Oc4ccccc4)cc3)C2)c1. The fraction of sp³-hybridized carbons (Fsp3) is 0.0909. The normalized spacial score (nSPS) is 15.4. The van der Waals surface area contributed by atoms with E-state index in [4.69, 9.17) is 19.4 Å². The molecule has 3 aromatic rings. The van der Waals surface area contributed by atoms with E-state index in [-0.39, 0.29) is 11.7 Å². The Bertz CT molecular complexity index is 999. The lowest BCUT2D eigenvalue weighted by Gasteiger charge is -2.10. The quantitative estimate of drug-likeness (QED) is 0.677. The van der Waals surface area contributed by atoms with Crippen molar-refractivity contribution in [2.24, 2.45) is 5.16 Å². The van der Waals surface area contributed by atoms with E-state index in [1.54, 1.807) is 12.1 Å². The van der Waals surface area contributed by atoms with Crippen molar-refractivity contribution >= 4 is 11.9 Å². The Kier molecular flexibility index (Phi) is 4.93. The third-order valence-corrected chi connectivity index (χ3v) is 4.19. The molecule has 0 amide bonds. The fourth-order valence-electron chi connectivity index (χ4n) is 2.80. The van der Waals surface area contributed by atoms with Crippen molar-refractivity contribution in [3.05, 3.63) is 90.0 Å². The van der Waals surface area contributed by atoms with Crippen LogP contribution in [0.3, 0.4) is 0 Å². The number of nitrogens with zero attached hydrogens (tertiary/aromatic N) is 1. The van der Waals surface area contributed by atoms with Gasteiger partial charge in [0, 0.05) is 0 Å². The Labute approximate surface area is 161 Å². The van der Waals surface area contributed by atoms with E-state index in [0.717, 1.165) is 17.1 Å². The largest absolute Gasteiger partial charge is 0.478 e. The van der Waals surface area contributed by atoms with Gasteiger partial charge in [-0.1, -0.05) is 41.6 Å². The topological polar surface area (TPSA) is 77.4 Å². The molecule has 4 rings (SSSR count). The summed E-state index contributed by atoms with van der Waals surface area (Å²) >= 11 is 0. The van der Waals surface area contributed by atoms with Crippen LogP contribution in [-0.4, -0.2) is 17.0 Å². The maximum Gasteiger partial charge on any atom is 0.335 e. The van der Waals surface area contributed by atoms with Gasteiger partial charge < -0.3 is 19.4 Å². The van der Waals surface area contributed by atoms with Crippen LogP contribution in [-0.2, 0) is 4.84 Å². The van der Waals surface area contributed by atoms with Crippen molar-refractivity contribution in [1.82, 2.24) is 0 Å². The molecule has 0 fully saturated rings. The van der Waals surface area contributed by atoms with Gasteiger partial charge in [0.15, 0.2) is 6.10 Å². The van der Waals surface area contributed by atoms with Crippen LogP contribution in [0.2, 0.25) is 0 Å². The molecule has 0 spiro atoms. The molecular weight excluding hydrogens is 358 g/mol. The predicted octanol–water partition coefficient (Wildman–Crippen LogP) is 5.03. The molecule has 0 saturated heterocycles. The standard InChI is InChI=1S/C22H17NO5/c24-22(25)16-5-4-8-19(13-16)27-21-14-20(28-23-21)15-9-11-18(12-10-15)26-17-6-2-1-3-7-17/h1-13,20H,14H2,(H,24,25)/t20-/m0/s1. The summed E-state index contributed by atoms with van der Waals surface area (Å²) in [6.07, 6.45) is 0.194. The van der Waals surface area contributed by atoms with E-state index >= 15 is 0 Å². The maximum atomic E-state index is 11.0. The fourth-order valence-corrected chi connectivity index (χ4v) is 2.80. The lowest BCUT2D eigenvalue weighted by molar-refractivity contribution is 0.0696. The van der Waals surface area contributed by atoms with Crippen LogP contribution < -0.4 is 9.47 Å². The lowest BCUT2D eigenvalue weighted by atomic mass is 10.1. The van der Waals surface area contributed by atoms with E-state index < -0.39 is 5.97 Å². The minimum atomic E-state index is -1.01. The molecule has 0 radical (unpaired) electrons. The number of oxime groups is 1. The number of para-hydroxylation sites is 1. The Morgan fingerprint density at radius 1 is 0.893 bits per heavy atom.